The van der Waals surface area contributed by atoms with E-state index in [2.05, 4.69) is 21.9 Å². The highest BCUT2D eigenvalue weighted by atomic mass is 32.2. The fraction of sp³-hybridized carbons (Fsp3) is 0.440. The molecule has 5 heteroatoms. The van der Waals surface area contributed by atoms with E-state index in [1.54, 1.807) is 11.8 Å². The van der Waals surface area contributed by atoms with Crippen LogP contribution in [0, 0.1) is 0 Å². The van der Waals surface area contributed by atoms with Gasteiger partial charge in [0.2, 0.25) is 0 Å². The minimum atomic E-state index is 0.194. The van der Waals surface area contributed by atoms with Crippen LogP contribution >= 0.6 is 11.8 Å². The lowest BCUT2D eigenvalue weighted by Gasteiger charge is -2.22. The summed E-state index contributed by atoms with van der Waals surface area (Å²) in [6, 6.07) is 12.1. The quantitative estimate of drug-likeness (QED) is 0.438. The molecule has 0 aliphatic carbocycles. The van der Waals surface area contributed by atoms with E-state index in [0.717, 1.165) is 53.3 Å². The van der Waals surface area contributed by atoms with E-state index in [-0.39, 0.29) is 11.6 Å². The first-order valence-electron chi connectivity index (χ1n) is 10.6. The van der Waals surface area contributed by atoms with Crippen LogP contribution in [0.15, 0.2) is 46.2 Å². The average Bonchev–Trinajstić information content (AvgIpc) is 2.70. The zero-order valence-corrected chi connectivity index (χ0v) is 19.3. The van der Waals surface area contributed by atoms with Crippen molar-refractivity contribution in [2.45, 2.75) is 41.9 Å². The number of benzene rings is 2. The van der Waals surface area contributed by atoms with Gasteiger partial charge in [-0.05, 0) is 77.7 Å². The Bertz CT molecular complexity index is 921. The molecule has 3 rings (SSSR count). The van der Waals surface area contributed by atoms with Gasteiger partial charge in [0, 0.05) is 33.8 Å². The number of ketones is 2. The Labute approximate surface area is 184 Å². The zero-order valence-electron chi connectivity index (χ0n) is 18.5. The molecular formula is C25H32N2O2S. The third kappa shape index (κ3) is 5.81. The SMILES string of the molecule is CN(C)CCCC(=O)c1ccc2c(c1)Sc1c(cccc1C(=O)CCCN(C)C)C2. The predicted molar refractivity (Wildman–Crippen MR) is 124 cm³/mol. The molecule has 0 bridgehead atoms. The van der Waals surface area contributed by atoms with E-state index >= 15 is 0 Å². The summed E-state index contributed by atoms with van der Waals surface area (Å²) in [5, 5.41) is 0. The summed E-state index contributed by atoms with van der Waals surface area (Å²) in [6.45, 7) is 1.83. The monoisotopic (exact) mass is 424 g/mol. The van der Waals surface area contributed by atoms with Crippen molar-refractivity contribution < 1.29 is 9.59 Å². The van der Waals surface area contributed by atoms with E-state index < -0.39 is 0 Å². The van der Waals surface area contributed by atoms with Crippen molar-refractivity contribution >= 4 is 23.3 Å². The molecule has 160 valence electrons. The second-order valence-electron chi connectivity index (χ2n) is 8.56. The van der Waals surface area contributed by atoms with Crippen molar-refractivity contribution in [1.29, 1.82) is 0 Å². The molecule has 0 spiro atoms. The lowest BCUT2D eigenvalue weighted by atomic mass is 9.97. The highest BCUT2D eigenvalue weighted by Crippen LogP contribution is 2.42. The molecule has 0 unspecified atom stereocenters. The molecule has 1 heterocycles. The maximum absolute atomic E-state index is 12.9. The van der Waals surface area contributed by atoms with E-state index in [4.69, 9.17) is 0 Å². The van der Waals surface area contributed by atoms with E-state index in [9.17, 15) is 9.59 Å². The first-order chi connectivity index (χ1) is 14.3. The Morgan fingerprint density at radius 3 is 2.20 bits per heavy atom. The van der Waals surface area contributed by atoms with Crippen LogP contribution in [0.1, 0.15) is 57.5 Å². The minimum Gasteiger partial charge on any atom is -0.309 e. The van der Waals surface area contributed by atoms with Crippen LogP contribution < -0.4 is 0 Å². The first-order valence-corrected chi connectivity index (χ1v) is 11.5. The lowest BCUT2D eigenvalue weighted by Crippen LogP contribution is -2.15. The summed E-state index contributed by atoms with van der Waals surface area (Å²) in [7, 11) is 8.11. The normalized spacial score (nSPS) is 12.7. The first kappa shape index (κ1) is 22.7. The third-order valence-electron chi connectivity index (χ3n) is 5.40. The smallest absolute Gasteiger partial charge is 0.164 e. The number of rotatable bonds is 10. The maximum Gasteiger partial charge on any atom is 0.164 e. The van der Waals surface area contributed by atoms with Crippen molar-refractivity contribution in [2.24, 2.45) is 0 Å². The molecule has 0 saturated heterocycles. The molecule has 0 radical (unpaired) electrons. The van der Waals surface area contributed by atoms with Crippen molar-refractivity contribution in [3.63, 3.8) is 0 Å². The summed E-state index contributed by atoms with van der Waals surface area (Å²) >= 11 is 1.65. The van der Waals surface area contributed by atoms with Crippen LogP contribution in [-0.2, 0) is 6.42 Å². The number of carbonyl (C=O) groups is 2. The van der Waals surface area contributed by atoms with Gasteiger partial charge in [-0.1, -0.05) is 42.1 Å². The molecule has 4 nitrogen and oxygen atoms in total. The summed E-state index contributed by atoms with van der Waals surface area (Å²) in [4.78, 5) is 31.9. The molecule has 2 aromatic rings. The molecular weight excluding hydrogens is 392 g/mol. The van der Waals surface area contributed by atoms with Gasteiger partial charge >= 0.3 is 0 Å². The van der Waals surface area contributed by atoms with Crippen molar-refractivity contribution in [3.05, 3.63) is 58.7 Å². The van der Waals surface area contributed by atoms with Gasteiger partial charge in [-0.2, -0.15) is 0 Å². The molecule has 0 amide bonds. The Hall–Kier alpha value is -1.95. The number of nitrogens with zero attached hydrogens (tertiary/aromatic N) is 2. The summed E-state index contributed by atoms with van der Waals surface area (Å²) in [6.07, 6.45) is 3.67. The molecule has 1 aliphatic rings. The topological polar surface area (TPSA) is 40.6 Å². The fourth-order valence-corrected chi connectivity index (χ4v) is 4.98. The molecule has 1 aliphatic heterocycles. The van der Waals surface area contributed by atoms with Crippen LogP contribution in [0.4, 0.5) is 0 Å². The average molecular weight is 425 g/mol. The summed E-state index contributed by atoms with van der Waals surface area (Å²) < 4.78 is 0. The number of fused-ring (bicyclic) bond motifs is 2. The standard InChI is InChI=1S/C25H32N2O2S/c1-26(2)14-6-10-22(28)18-12-13-19-16-20-8-5-9-21(25(20)30-24(19)17-18)23(29)11-7-15-27(3)4/h5,8-9,12-13,17H,6-7,10-11,14-16H2,1-4H3. The van der Waals surface area contributed by atoms with Crippen LogP contribution in [0.3, 0.4) is 0 Å². The van der Waals surface area contributed by atoms with Gasteiger partial charge in [0.15, 0.2) is 11.6 Å². The van der Waals surface area contributed by atoms with Crippen LogP contribution in [0.25, 0.3) is 0 Å². The van der Waals surface area contributed by atoms with Crippen molar-refractivity contribution in [2.75, 3.05) is 41.3 Å². The molecule has 30 heavy (non-hydrogen) atoms. The van der Waals surface area contributed by atoms with Gasteiger partial charge in [0.05, 0.1) is 0 Å². The van der Waals surface area contributed by atoms with Gasteiger partial charge in [-0.15, -0.1) is 0 Å². The molecule has 0 atom stereocenters. The van der Waals surface area contributed by atoms with Gasteiger partial charge in [0.25, 0.3) is 0 Å². The van der Waals surface area contributed by atoms with Crippen LogP contribution in [-0.4, -0.2) is 62.6 Å². The van der Waals surface area contributed by atoms with Crippen molar-refractivity contribution in [3.8, 4) is 0 Å². The minimum absolute atomic E-state index is 0.194. The van der Waals surface area contributed by atoms with Gasteiger partial charge in [0.1, 0.15) is 0 Å². The molecule has 0 saturated carbocycles. The number of hydrogen-bond donors (Lipinski definition) is 0. The Kier molecular flexibility index (Phi) is 7.87. The predicted octanol–water partition coefficient (Wildman–Crippen LogP) is 4.79. The third-order valence-corrected chi connectivity index (χ3v) is 6.68. The largest absolute Gasteiger partial charge is 0.309 e. The fourth-order valence-electron chi connectivity index (χ4n) is 3.74. The Balaban J connectivity index is 1.75. The van der Waals surface area contributed by atoms with Gasteiger partial charge in [-0.3, -0.25) is 9.59 Å². The van der Waals surface area contributed by atoms with Crippen molar-refractivity contribution in [1.82, 2.24) is 9.80 Å². The number of hydrogen-bond acceptors (Lipinski definition) is 5. The van der Waals surface area contributed by atoms with Gasteiger partial charge < -0.3 is 9.80 Å². The highest BCUT2D eigenvalue weighted by Gasteiger charge is 2.22. The number of carbonyl (C=O) groups excluding carboxylic acids is 2. The van der Waals surface area contributed by atoms with E-state index in [1.165, 1.54) is 11.1 Å². The second-order valence-corrected chi connectivity index (χ2v) is 9.61. The summed E-state index contributed by atoms with van der Waals surface area (Å²) in [5.41, 5.74) is 4.04. The van der Waals surface area contributed by atoms with Gasteiger partial charge in [-0.25, -0.2) is 0 Å². The second kappa shape index (κ2) is 10.4. The Morgan fingerprint density at radius 2 is 1.53 bits per heavy atom. The van der Waals surface area contributed by atoms with E-state index in [1.807, 2.05) is 52.5 Å². The van der Waals surface area contributed by atoms with Crippen LogP contribution in [0.5, 0.6) is 0 Å². The van der Waals surface area contributed by atoms with Crippen LogP contribution in [0.2, 0.25) is 0 Å². The number of Topliss-reactive ketones (excluding diaryl/α,β-unsaturated/α-hetero) is 2. The maximum atomic E-state index is 12.9. The molecule has 2 aromatic carbocycles. The molecule has 0 N–H and O–H groups in total. The molecule has 0 aromatic heterocycles. The zero-order chi connectivity index (χ0) is 21.7. The highest BCUT2D eigenvalue weighted by molar-refractivity contribution is 7.99. The van der Waals surface area contributed by atoms with E-state index in [0.29, 0.717) is 12.8 Å². The lowest BCUT2D eigenvalue weighted by molar-refractivity contribution is 0.0967. The summed E-state index contributed by atoms with van der Waals surface area (Å²) in [5.74, 6) is 0.402. The Morgan fingerprint density at radius 1 is 0.867 bits per heavy atom. The molecule has 0 fully saturated rings.